The van der Waals surface area contributed by atoms with Crippen molar-refractivity contribution in [3.05, 3.63) is 71.3 Å². The van der Waals surface area contributed by atoms with Crippen LogP contribution in [0.15, 0.2) is 48.5 Å². The number of hydrogen-bond donors (Lipinski definition) is 2. The Morgan fingerprint density at radius 3 is 2.44 bits per heavy atom. The van der Waals surface area contributed by atoms with Crippen LogP contribution in [0.3, 0.4) is 0 Å². The number of carbonyl (C=O) groups is 3. The molecule has 170 valence electrons. The summed E-state index contributed by atoms with van der Waals surface area (Å²) in [6.07, 6.45) is 1.91. The molecule has 0 aromatic heterocycles. The van der Waals surface area contributed by atoms with Gasteiger partial charge in [-0.3, -0.25) is 14.4 Å². The van der Waals surface area contributed by atoms with Gasteiger partial charge in [0.25, 0.3) is 0 Å². The van der Waals surface area contributed by atoms with Gasteiger partial charge in [0.05, 0.1) is 6.42 Å². The Kier molecular flexibility index (Phi) is 7.92. The number of likely N-dealkylation sites (tertiary alicyclic amines) is 1. The molecule has 2 N–H and O–H groups in total. The van der Waals surface area contributed by atoms with Crippen molar-refractivity contribution in [2.45, 2.75) is 51.2 Å². The van der Waals surface area contributed by atoms with E-state index in [0.29, 0.717) is 19.5 Å². The summed E-state index contributed by atoms with van der Waals surface area (Å²) in [7, 11) is 0. The molecule has 0 unspecified atom stereocenters. The first-order chi connectivity index (χ1) is 15.3. The lowest BCUT2D eigenvalue weighted by atomic mass is 10.1. The highest BCUT2D eigenvalue weighted by molar-refractivity contribution is 5.92. The first-order valence-corrected chi connectivity index (χ1v) is 10.7. The molecule has 0 bridgehead atoms. The summed E-state index contributed by atoms with van der Waals surface area (Å²) < 4.78 is 26.6. The topological polar surface area (TPSA) is 78.5 Å². The van der Waals surface area contributed by atoms with Crippen LogP contribution in [-0.4, -0.2) is 41.2 Å². The highest BCUT2D eigenvalue weighted by Crippen LogP contribution is 2.16. The first kappa shape index (κ1) is 23.4. The Bertz CT molecular complexity index is 948. The monoisotopic (exact) mass is 443 g/mol. The van der Waals surface area contributed by atoms with E-state index in [0.717, 1.165) is 36.6 Å². The molecule has 1 aliphatic heterocycles. The summed E-state index contributed by atoms with van der Waals surface area (Å²) in [6, 6.07) is 10.9. The number of benzene rings is 2. The highest BCUT2D eigenvalue weighted by atomic mass is 19.1. The molecule has 2 atom stereocenters. The van der Waals surface area contributed by atoms with Gasteiger partial charge >= 0.3 is 0 Å². The third kappa shape index (κ3) is 6.60. The van der Waals surface area contributed by atoms with E-state index in [1.807, 2.05) is 30.3 Å². The maximum Gasteiger partial charge on any atom is 0.245 e. The van der Waals surface area contributed by atoms with Gasteiger partial charge in [-0.25, -0.2) is 8.78 Å². The van der Waals surface area contributed by atoms with Crippen LogP contribution in [0.25, 0.3) is 0 Å². The Morgan fingerprint density at radius 1 is 1.06 bits per heavy atom. The maximum absolute atomic E-state index is 13.3. The van der Waals surface area contributed by atoms with Gasteiger partial charge in [0, 0.05) is 19.2 Å². The summed E-state index contributed by atoms with van der Waals surface area (Å²) >= 11 is 0. The summed E-state index contributed by atoms with van der Waals surface area (Å²) in [6.45, 7) is 2.60. The Hall–Kier alpha value is -3.29. The Morgan fingerprint density at radius 2 is 1.75 bits per heavy atom. The maximum atomic E-state index is 13.3. The number of carbonyl (C=O) groups excluding carboxylic acids is 3. The van der Waals surface area contributed by atoms with Crippen molar-refractivity contribution in [2.24, 2.45) is 0 Å². The third-order valence-electron chi connectivity index (χ3n) is 5.37. The van der Waals surface area contributed by atoms with E-state index in [2.05, 4.69) is 10.6 Å². The summed E-state index contributed by atoms with van der Waals surface area (Å²) in [4.78, 5) is 39.6. The van der Waals surface area contributed by atoms with Gasteiger partial charge in [0.2, 0.25) is 17.7 Å². The molecule has 0 aliphatic carbocycles. The van der Waals surface area contributed by atoms with Crippen LogP contribution in [0.1, 0.15) is 37.3 Å². The van der Waals surface area contributed by atoms with Crippen LogP contribution in [0.5, 0.6) is 0 Å². The second-order valence-electron chi connectivity index (χ2n) is 8.05. The minimum Gasteiger partial charge on any atom is -0.344 e. The minimum atomic E-state index is -0.903. The van der Waals surface area contributed by atoms with Gasteiger partial charge in [-0.2, -0.15) is 0 Å². The lowest BCUT2D eigenvalue weighted by Gasteiger charge is -2.26. The molecule has 0 radical (unpaired) electrons. The molecule has 3 amide bonds. The predicted octanol–water partition coefficient (Wildman–Crippen LogP) is 2.71. The Labute approximate surface area is 186 Å². The summed E-state index contributed by atoms with van der Waals surface area (Å²) in [5, 5.41) is 5.26. The zero-order chi connectivity index (χ0) is 23.1. The van der Waals surface area contributed by atoms with Gasteiger partial charge < -0.3 is 15.5 Å². The molecule has 1 heterocycles. The van der Waals surface area contributed by atoms with E-state index in [-0.39, 0.29) is 17.9 Å². The van der Waals surface area contributed by atoms with E-state index in [4.69, 9.17) is 0 Å². The number of hydrogen-bond acceptors (Lipinski definition) is 3. The average Bonchev–Trinajstić information content (AvgIpc) is 2.90. The fourth-order valence-corrected chi connectivity index (χ4v) is 3.75. The molecule has 1 saturated heterocycles. The largest absolute Gasteiger partial charge is 0.344 e. The number of amides is 3. The van der Waals surface area contributed by atoms with Crippen molar-refractivity contribution in [1.29, 1.82) is 0 Å². The van der Waals surface area contributed by atoms with Gasteiger partial charge in [0.15, 0.2) is 0 Å². The van der Waals surface area contributed by atoms with Crippen LogP contribution in [0.2, 0.25) is 0 Å². The summed E-state index contributed by atoms with van der Waals surface area (Å²) in [5.41, 5.74) is 1.19. The highest BCUT2D eigenvalue weighted by Gasteiger charge is 2.29. The van der Waals surface area contributed by atoms with Gasteiger partial charge in [-0.05, 0) is 49.4 Å². The lowest BCUT2D eigenvalue weighted by Crippen LogP contribution is -2.53. The van der Waals surface area contributed by atoms with Crippen LogP contribution in [0.4, 0.5) is 8.78 Å². The van der Waals surface area contributed by atoms with Crippen molar-refractivity contribution in [2.75, 3.05) is 6.54 Å². The van der Waals surface area contributed by atoms with Crippen LogP contribution in [0, 0.1) is 11.6 Å². The number of halogens is 2. The standard InChI is InChI=1S/C24H27F2N3O3/c1-16(27-22(30)13-18-11-19(25)14-20(26)12-18)23(31)28-21-9-5-6-10-29(24(21)32)15-17-7-3-2-4-8-17/h2-4,7-8,11-12,14,16,21H,5-6,9-10,13,15H2,1H3,(H,27,30)(H,28,31)/t16-,21-/m0/s1. The van der Waals surface area contributed by atoms with E-state index >= 15 is 0 Å². The predicted molar refractivity (Wildman–Crippen MR) is 115 cm³/mol. The lowest BCUT2D eigenvalue weighted by molar-refractivity contribution is -0.137. The molecule has 8 heteroatoms. The molecule has 0 spiro atoms. The van der Waals surface area contributed by atoms with Crippen molar-refractivity contribution in [1.82, 2.24) is 15.5 Å². The van der Waals surface area contributed by atoms with E-state index in [1.165, 1.54) is 6.92 Å². The fraction of sp³-hybridized carbons (Fsp3) is 0.375. The zero-order valence-corrected chi connectivity index (χ0v) is 17.9. The zero-order valence-electron chi connectivity index (χ0n) is 17.9. The average molecular weight is 443 g/mol. The SMILES string of the molecule is C[C@H](NC(=O)Cc1cc(F)cc(F)c1)C(=O)N[C@H]1CCCCN(Cc2ccccc2)C1=O. The number of nitrogens with zero attached hydrogens (tertiary/aromatic N) is 1. The van der Waals surface area contributed by atoms with E-state index in [9.17, 15) is 23.2 Å². The molecule has 2 aromatic carbocycles. The molecule has 32 heavy (non-hydrogen) atoms. The van der Waals surface area contributed by atoms with E-state index in [1.54, 1.807) is 4.90 Å². The van der Waals surface area contributed by atoms with Crippen molar-refractivity contribution >= 4 is 17.7 Å². The second kappa shape index (κ2) is 10.8. The van der Waals surface area contributed by atoms with Gasteiger partial charge in [0.1, 0.15) is 23.7 Å². The summed E-state index contributed by atoms with van der Waals surface area (Å²) in [5.74, 6) is -2.72. The third-order valence-corrected chi connectivity index (χ3v) is 5.37. The second-order valence-corrected chi connectivity index (χ2v) is 8.05. The first-order valence-electron chi connectivity index (χ1n) is 10.7. The molecule has 0 saturated carbocycles. The normalized spacial score (nSPS) is 17.4. The van der Waals surface area contributed by atoms with Crippen LogP contribution in [-0.2, 0) is 27.3 Å². The molecule has 2 aromatic rings. The van der Waals surface area contributed by atoms with Crippen LogP contribution < -0.4 is 10.6 Å². The minimum absolute atomic E-state index is 0.145. The van der Waals surface area contributed by atoms with E-state index < -0.39 is 35.5 Å². The fourth-order valence-electron chi connectivity index (χ4n) is 3.75. The van der Waals surface area contributed by atoms with Crippen molar-refractivity contribution in [3.8, 4) is 0 Å². The van der Waals surface area contributed by atoms with Gasteiger partial charge in [-0.1, -0.05) is 30.3 Å². The number of rotatable bonds is 7. The molecule has 1 aliphatic rings. The van der Waals surface area contributed by atoms with Crippen molar-refractivity contribution in [3.63, 3.8) is 0 Å². The molecular formula is C24H27F2N3O3. The number of nitrogens with one attached hydrogen (secondary N) is 2. The molecular weight excluding hydrogens is 416 g/mol. The molecule has 6 nitrogen and oxygen atoms in total. The molecule has 3 rings (SSSR count). The van der Waals surface area contributed by atoms with Crippen molar-refractivity contribution < 1.29 is 23.2 Å². The quantitative estimate of drug-likeness (QED) is 0.691. The Balaban J connectivity index is 1.55. The van der Waals surface area contributed by atoms with Crippen LogP contribution >= 0.6 is 0 Å². The van der Waals surface area contributed by atoms with Gasteiger partial charge in [-0.15, -0.1) is 0 Å². The smallest absolute Gasteiger partial charge is 0.245 e. The molecule has 1 fully saturated rings.